The Bertz CT molecular complexity index is 932. The van der Waals surface area contributed by atoms with Crippen LogP contribution < -0.4 is 0 Å². The molecule has 0 aliphatic carbocycles. The zero-order valence-electron chi connectivity index (χ0n) is 13.2. The third-order valence-electron chi connectivity index (χ3n) is 3.58. The van der Waals surface area contributed by atoms with E-state index in [9.17, 15) is 9.59 Å². The molecule has 0 fully saturated rings. The number of carbonyl (C=O) groups is 2. The van der Waals surface area contributed by atoms with Gasteiger partial charge in [-0.1, -0.05) is 30.3 Å². The second-order valence-corrected chi connectivity index (χ2v) is 5.11. The van der Waals surface area contributed by atoms with Crippen molar-refractivity contribution in [2.45, 2.75) is 13.8 Å². The van der Waals surface area contributed by atoms with Crippen LogP contribution in [-0.2, 0) is 4.74 Å². The number of carbonyl (C=O) groups excluding carboxylic acids is 1. The number of aromatic carboxylic acids is 1. The van der Waals surface area contributed by atoms with E-state index in [-0.39, 0.29) is 17.9 Å². The lowest BCUT2D eigenvalue weighted by atomic mass is 10.0. The monoisotopic (exact) mass is 325 g/mol. The Morgan fingerprint density at radius 3 is 2.58 bits per heavy atom. The van der Waals surface area contributed by atoms with Crippen molar-refractivity contribution in [2.24, 2.45) is 0 Å². The second kappa shape index (κ2) is 6.11. The lowest BCUT2D eigenvalue weighted by molar-refractivity contribution is 0.0524. The van der Waals surface area contributed by atoms with Crippen molar-refractivity contribution in [3.63, 3.8) is 0 Å². The molecule has 0 saturated heterocycles. The third kappa shape index (κ3) is 2.60. The van der Waals surface area contributed by atoms with Crippen LogP contribution in [0.2, 0.25) is 0 Å². The van der Waals surface area contributed by atoms with Crippen LogP contribution in [0.5, 0.6) is 0 Å². The van der Waals surface area contributed by atoms with Crippen molar-refractivity contribution in [1.82, 2.24) is 14.6 Å². The van der Waals surface area contributed by atoms with Crippen LogP contribution in [0, 0.1) is 6.92 Å². The lowest BCUT2D eigenvalue weighted by Gasteiger charge is -2.12. The van der Waals surface area contributed by atoms with Crippen LogP contribution in [0.1, 0.15) is 33.5 Å². The van der Waals surface area contributed by atoms with Crippen molar-refractivity contribution in [3.8, 4) is 11.3 Å². The van der Waals surface area contributed by atoms with E-state index < -0.39 is 11.9 Å². The zero-order valence-corrected chi connectivity index (χ0v) is 13.2. The molecule has 3 rings (SSSR count). The third-order valence-corrected chi connectivity index (χ3v) is 3.58. The molecule has 2 aromatic heterocycles. The summed E-state index contributed by atoms with van der Waals surface area (Å²) in [5.41, 5.74) is 2.16. The van der Waals surface area contributed by atoms with E-state index in [0.717, 1.165) is 5.56 Å². The SMILES string of the molecule is CCOC(=O)c1c(-c2ccccc2)nc2cc(C(=O)O)nn2c1C. The number of esters is 1. The first kappa shape index (κ1) is 15.7. The molecule has 0 spiro atoms. The molecule has 7 nitrogen and oxygen atoms in total. The van der Waals surface area contributed by atoms with E-state index in [0.29, 0.717) is 17.0 Å². The number of rotatable bonds is 4. The number of benzene rings is 1. The minimum Gasteiger partial charge on any atom is -0.476 e. The summed E-state index contributed by atoms with van der Waals surface area (Å²) in [6.45, 7) is 3.63. The van der Waals surface area contributed by atoms with Crippen molar-refractivity contribution in [3.05, 3.63) is 53.3 Å². The molecule has 0 saturated carbocycles. The number of fused-ring (bicyclic) bond motifs is 1. The highest BCUT2D eigenvalue weighted by Crippen LogP contribution is 2.26. The Hall–Kier alpha value is -3.22. The maximum Gasteiger partial charge on any atom is 0.356 e. The number of nitrogens with zero attached hydrogens (tertiary/aromatic N) is 3. The van der Waals surface area contributed by atoms with Gasteiger partial charge in [0, 0.05) is 11.6 Å². The molecule has 0 aliphatic rings. The van der Waals surface area contributed by atoms with Gasteiger partial charge in [0.05, 0.1) is 18.0 Å². The maximum absolute atomic E-state index is 12.4. The Balaban J connectivity index is 2.33. The Morgan fingerprint density at radius 1 is 1.25 bits per heavy atom. The van der Waals surface area contributed by atoms with Gasteiger partial charge in [0.15, 0.2) is 11.3 Å². The molecule has 0 amide bonds. The second-order valence-electron chi connectivity index (χ2n) is 5.11. The molecule has 122 valence electrons. The summed E-state index contributed by atoms with van der Waals surface area (Å²) < 4.78 is 6.49. The smallest absolute Gasteiger partial charge is 0.356 e. The summed E-state index contributed by atoms with van der Waals surface area (Å²) in [6.07, 6.45) is 0. The molecule has 2 heterocycles. The van der Waals surface area contributed by atoms with Gasteiger partial charge in [-0.2, -0.15) is 5.10 Å². The van der Waals surface area contributed by atoms with Crippen LogP contribution in [0.3, 0.4) is 0 Å². The fourth-order valence-corrected chi connectivity index (χ4v) is 2.50. The van der Waals surface area contributed by atoms with Crippen LogP contribution in [-0.4, -0.2) is 38.3 Å². The maximum atomic E-state index is 12.4. The first-order valence-corrected chi connectivity index (χ1v) is 7.39. The van der Waals surface area contributed by atoms with Crippen LogP contribution in [0.4, 0.5) is 0 Å². The number of carboxylic acid groups (broad SMARTS) is 1. The van der Waals surface area contributed by atoms with Crippen molar-refractivity contribution < 1.29 is 19.4 Å². The molecule has 24 heavy (non-hydrogen) atoms. The van der Waals surface area contributed by atoms with Gasteiger partial charge in [-0.25, -0.2) is 19.1 Å². The van der Waals surface area contributed by atoms with Gasteiger partial charge in [-0.3, -0.25) is 0 Å². The standard InChI is InChI=1S/C17H15N3O4/c1-3-24-17(23)14-10(2)20-13(9-12(19-20)16(21)22)18-15(14)11-7-5-4-6-8-11/h4-9H,3H2,1-2H3,(H,21,22). The number of carboxylic acids is 1. The minimum atomic E-state index is -1.15. The van der Waals surface area contributed by atoms with Crippen molar-refractivity contribution >= 4 is 17.6 Å². The number of aryl methyl sites for hydroxylation is 1. The highest BCUT2D eigenvalue weighted by Gasteiger charge is 2.23. The number of ether oxygens (including phenoxy) is 1. The summed E-state index contributed by atoms with van der Waals surface area (Å²) >= 11 is 0. The van der Waals surface area contributed by atoms with Crippen molar-refractivity contribution in [2.75, 3.05) is 6.61 Å². The number of aromatic nitrogens is 3. The van der Waals surface area contributed by atoms with Gasteiger partial charge >= 0.3 is 11.9 Å². The minimum absolute atomic E-state index is 0.134. The number of hydrogen-bond acceptors (Lipinski definition) is 5. The molecule has 0 unspecified atom stereocenters. The van der Waals surface area contributed by atoms with Gasteiger partial charge in [0.1, 0.15) is 5.56 Å². The Kier molecular flexibility index (Phi) is 3.99. The van der Waals surface area contributed by atoms with Crippen LogP contribution in [0.25, 0.3) is 16.9 Å². The average molecular weight is 325 g/mol. The molecule has 0 atom stereocenters. The van der Waals surface area contributed by atoms with Gasteiger partial charge < -0.3 is 9.84 Å². The van der Waals surface area contributed by atoms with Crippen LogP contribution >= 0.6 is 0 Å². The summed E-state index contributed by atoms with van der Waals surface area (Å²) in [6, 6.07) is 10.6. The predicted octanol–water partition coefficient (Wildman–Crippen LogP) is 2.58. The van der Waals surface area contributed by atoms with Crippen LogP contribution in [0.15, 0.2) is 36.4 Å². The summed E-state index contributed by atoms with van der Waals surface area (Å²) in [5, 5.41) is 13.1. The normalized spacial score (nSPS) is 10.8. The van der Waals surface area contributed by atoms with Gasteiger partial charge in [0.2, 0.25) is 0 Å². The summed E-state index contributed by atoms with van der Waals surface area (Å²) in [5.74, 6) is -1.67. The fraction of sp³-hybridized carbons (Fsp3) is 0.176. The largest absolute Gasteiger partial charge is 0.476 e. The van der Waals surface area contributed by atoms with Gasteiger partial charge in [-0.05, 0) is 13.8 Å². The fourth-order valence-electron chi connectivity index (χ4n) is 2.50. The Labute approximate surface area is 137 Å². The first-order chi connectivity index (χ1) is 11.5. The van der Waals surface area contributed by atoms with E-state index in [4.69, 9.17) is 9.84 Å². The summed E-state index contributed by atoms with van der Waals surface area (Å²) in [4.78, 5) is 28.0. The average Bonchev–Trinajstić information content (AvgIpc) is 3.00. The van der Waals surface area contributed by atoms with E-state index in [1.807, 2.05) is 30.3 Å². The first-order valence-electron chi connectivity index (χ1n) is 7.39. The molecule has 0 aliphatic heterocycles. The predicted molar refractivity (Wildman–Crippen MR) is 86.1 cm³/mol. The lowest BCUT2D eigenvalue weighted by Crippen LogP contribution is -2.14. The Morgan fingerprint density at radius 2 is 1.96 bits per heavy atom. The molecular weight excluding hydrogens is 310 g/mol. The molecular formula is C17H15N3O4. The van der Waals surface area contributed by atoms with Gasteiger partial charge in [-0.15, -0.1) is 0 Å². The van der Waals surface area contributed by atoms with E-state index >= 15 is 0 Å². The molecule has 0 bridgehead atoms. The van der Waals surface area contributed by atoms with E-state index in [1.165, 1.54) is 10.6 Å². The quantitative estimate of drug-likeness (QED) is 0.741. The molecule has 3 aromatic rings. The molecule has 1 aromatic carbocycles. The molecule has 7 heteroatoms. The zero-order chi connectivity index (χ0) is 17.3. The van der Waals surface area contributed by atoms with Crippen molar-refractivity contribution in [1.29, 1.82) is 0 Å². The van der Waals surface area contributed by atoms with E-state index in [2.05, 4.69) is 10.1 Å². The van der Waals surface area contributed by atoms with Gasteiger partial charge in [0.25, 0.3) is 0 Å². The topological polar surface area (TPSA) is 93.8 Å². The molecule has 1 N–H and O–H groups in total. The summed E-state index contributed by atoms with van der Waals surface area (Å²) in [7, 11) is 0. The highest BCUT2D eigenvalue weighted by atomic mass is 16.5. The highest BCUT2D eigenvalue weighted by molar-refractivity contribution is 5.98. The number of hydrogen-bond donors (Lipinski definition) is 1. The van der Waals surface area contributed by atoms with E-state index in [1.54, 1.807) is 13.8 Å². The molecule has 0 radical (unpaired) electrons.